The molecule has 0 aliphatic heterocycles. The van der Waals surface area contributed by atoms with Gasteiger partial charge in [-0.25, -0.2) is 4.79 Å². The lowest BCUT2D eigenvalue weighted by Gasteiger charge is -2.18. The molecule has 0 heterocycles. The van der Waals surface area contributed by atoms with Crippen LogP contribution in [0.5, 0.6) is 34.5 Å². The van der Waals surface area contributed by atoms with Crippen LogP contribution >= 0.6 is 0 Å². The Balaban J connectivity index is 0.00000612. The Labute approximate surface area is 213 Å². The highest BCUT2D eigenvalue weighted by molar-refractivity contribution is 5.91. The molecule has 0 aliphatic rings. The van der Waals surface area contributed by atoms with E-state index >= 15 is 0 Å². The Kier molecular flexibility index (Phi) is 13.5. The molecule has 0 amide bonds. The second kappa shape index (κ2) is 15.8. The zero-order valence-corrected chi connectivity index (χ0v) is 22.0. The van der Waals surface area contributed by atoms with E-state index in [1.54, 1.807) is 26.4 Å². The van der Waals surface area contributed by atoms with Gasteiger partial charge in [-0.15, -0.1) is 0 Å². The lowest BCUT2D eigenvalue weighted by atomic mass is 10.2. The highest BCUT2D eigenvalue weighted by atomic mass is 35.5. The van der Waals surface area contributed by atoms with Gasteiger partial charge < -0.3 is 50.5 Å². The van der Waals surface area contributed by atoms with Crippen LogP contribution in [0.3, 0.4) is 0 Å². The number of methoxy groups -OCH3 is 5. The molecule has 0 radical (unpaired) electrons. The SMILES string of the molecule is CC[NH+](CCCOC(=O)c1cc(OC)c(OC)c(OC)c1)CCOc1ccc(OC)c(OC)c1.[Cl-]. The number of ether oxygens (including phenoxy) is 7. The zero-order chi connectivity index (χ0) is 24.9. The van der Waals surface area contributed by atoms with Gasteiger partial charge in [-0.3, -0.25) is 0 Å². The molecule has 0 fully saturated rings. The van der Waals surface area contributed by atoms with Crippen LogP contribution in [0.2, 0.25) is 0 Å². The van der Waals surface area contributed by atoms with Gasteiger partial charge in [-0.1, -0.05) is 0 Å². The molecule has 0 aromatic heterocycles. The molecule has 0 spiro atoms. The van der Waals surface area contributed by atoms with E-state index in [0.717, 1.165) is 31.8 Å². The number of benzene rings is 2. The van der Waals surface area contributed by atoms with Crippen LogP contribution in [0.15, 0.2) is 30.3 Å². The average molecular weight is 514 g/mol. The molecule has 9 nitrogen and oxygen atoms in total. The van der Waals surface area contributed by atoms with Crippen LogP contribution in [0.4, 0.5) is 0 Å². The fraction of sp³-hybridized carbons (Fsp3) is 0.480. The molecule has 35 heavy (non-hydrogen) atoms. The standard InChI is InChI=1S/C25H35NO8.ClH/c1-7-26(12-14-33-19-9-10-20(28-2)21(17-19)29-3)11-8-13-34-25(27)18-15-22(30-4)24(32-6)23(16-18)31-5;/h9-10,15-17H,7-8,11-14H2,1-6H3;1H. The predicted octanol–water partition coefficient (Wildman–Crippen LogP) is -0.736. The molecule has 2 aromatic rings. The fourth-order valence-electron chi connectivity index (χ4n) is 3.47. The van der Waals surface area contributed by atoms with Crippen LogP contribution in [0.25, 0.3) is 0 Å². The minimum atomic E-state index is -0.436. The molecule has 0 bridgehead atoms. The first kappa shape index (κ1) is 30.0. The van der Waals surface area contributed by atoms with Crippen molar-refractivity contribution in [2.75, 3.05) is 68.4 Å². The highest BCUT2D eigenvalue weighted by Crippen LogP contribution is 2.38. The number of hydrogen-bond donors (Lipinski definition) is 1. The van der Waals surface area contributed by atoms with Crippen molar-refractivity contribution in [1.82, 2.24) is 0 Å². The number of halogens is 1. The third kappa shape index (κ3) is 8.60. The first-order valence-corrected chi connectivity index (χ1v) is 11.2. The van der Waals surface area contributed by atoms with E-state index in [2.05, 4.69) is 6.92 Å². The zero-order valence-electron chi connectivity index (χ0n) is 21.3. The van der Waals surface area contributed by atoms with Crippen LogP contribution < -0.4 is 45.7 Å². The number of quaternary nitrogens is 1. The quantitative estimate of drug-likeness (QED) is 0.246. The maximum atomic E-state index is 12.5. The van der Waals surface area contributed by atoms with E-state index in [1.807, 2.05) is 18.2 Å². The van der Waals surface area contributed by atoms with Crippen LogP contribution in [0, 0.1) is 0 Å². The van der Waals surface area contributed by atoms with Crippen molar-refractivity contribution in [2.45, 2.75) is 13.3 Å². The highest BCUT2D eigenvalue weighted by Gasteiger charge is 2.18. The molecule has 0 saturated carbocycles. The largest absolute Gasteiger partial charge is 1.00 e. The average Bonchev–Trinajstić information content (AvgIpc) is 2.88. The van der Waals surface area contributed by atoms with Gasteiger partial charge >= 0.3 is 5.97 Å². The van der Waals surface area contributed by atoms with Crippen LogP contribution in [-0.2, 0) is 4.74 Å². The topological polar surface area (TPSA) is 86.1 Å². The number of hydrogen-bond acceptors (Lipinski definition) is 8. The van der Waals surface area contributed by atoms with E-state index in [4.69, 9.17) is 33.2 Å². The van der Waals surface area contributed by atoms with Gasteiger partial charge in [0.2, 0.25) is 5.75 Å². The molecule has 0 aliphatic carbocycles. The summed E-state index contributed by atoms with van der Waals surface area (Å²) in [6, 6.07) is 8.65. The fourth-order valence-corrected chi connectivity index (χ4v) is 3.47. The first-order chi connectivity index (χ1) is 16.5. The van der Waals surface area contributed by atoms with Gasteiger partial charge in [0, 0.05) is 12.5 Å². The summed E-state index contributed by atoms with van der Waals surface area (Å²) in [5.74, 6) is 2.83. The molecule has 1 unspecified atom stereocenters. The predicted molar refractivity (Wildman–Crippen MR) is 127 cm³/mol. The van der Waals surface area contributed by atoms with Crippen LogP contribution in [0.1, 0.15) is 23.7 Å². The summed E-state index contributed by atoms with van der Waals surface area (Å²) >= 11 is 0. The van der Waals surface area contributed by atoms with Crippen molar-refractivity contribution in [2.24, 2.45) is 0 Å². The van der Waals surface area contributed by atoms with E-state index in [9.17, 15) is 4.79 Å². The first-order valence-electron chi connectivity index (χ1n) is 11.2. The lowest BCUT2D eigenvalue weighted by Crippen LogP contribution is -3.12. The van der Waals surface area contributed by atoms with Gasteiger partial charge in [0.15, 0.2) is 23.0 Å². The summed E-state index contributed by atoms with van der Waals surface area (Å²) in [5, 5.41) is 0. The van der Waals surface area contributed by atoms with Crippen molar-refractivity contribution in [3.05, 3.63) is 35.9 Å². The third-order valence-corrected chi connectivity index (χ3v) is 5.39. The Morgan fingerprint density at radius 2 is 1.40 bits per heavy atom. The van der Waals surface area contributed by atoms with E-state index in [1.165, 1.54) is 26.2 Å². The smallest absolute Gasteiger partial charge is 0.338 e. The number of likely N-dealkylation sites (N-methyl/N-ethyl adjacent to an activating group) is 1. The summed E-state index contributed by atoms with van der Waals surface area (Å²) < 4.78 is 37.8. The van der Waals surface area contributed by atoms with Gasteiger partial charge in [0.05, 0.1) is 60.8 Å². The second-order valence-electron chi connectivity index (χ2n) is 7.37. The molecule has 10 heteroatoms. The number of esters is 1. The van der Waals surface area contributed by atoms with Crippen molar-refractivity contribution < 1.29 is 55.3 Å². The summed E-state index contributed by atoms with van der Waals surface area (Å²) in [5.41, 5.74) is 0.345. The molecule has 196 valence electrons. The van der Waals surface area contributed by atoms with Gasteiger partial charge in [0.1, 0.15) is 18.9 Å². The number of nitrogens with one attached hydrogen (secondary N) is 1. The van der Waals surface area contributed by atoms with E-state index < -0.39 is 5.97 Å². The van der Waals surface area contributed by atoms with Gasteiger partial charge in [-0.2, -0.15) is 0 Å². The molecular weight excluding hydrogens is 478 g/mol. The van der Waals surface area contributed by atoms with Crippen molar-refractivity contribution in [1.29, 1.82) is 0 Å². The summed E-state index contributed by atoms with van der Waals surface area (Å²) in [6.45, 7) is 5.61. The molecule has 2 aromatic carbocycles. The normalized spacial score (nSPS) is 11.0. The lowest BCUT2D eigenvalue weighted by molar-refractivity contribution is -0.898. The van der Waals surface area contributed by atoms with Gasteiger partial charge in [-0.05, 0) is 31.2 Å². The maximum absolute atomic E-state index is 12.5. The minimum absolute atomic E-state index is 0. The molecular formula is C25H36ClNO8. The minimum Gasteiger partial charge on any atom is -1.00 e. The second-order valence-corrected chi connectivity index (χ2v) is 7.37. The monoisotopic (exact) mass is 513 g/mol. The summed E-state index contributed by atoms with van der Waals surface area (Å²) in [7, 11) is 7.72. The Morgan fingerprint density at radius 1 is 0.771 bits per heavy atom. The van der Waals surface area contributed by atoms with E-state index in [0.29, 0.717) is 47.5 Å². The summed E-state index contributed by atoms with van der Waals surface area (Å²) in [4.78, 5) is 13.9. The Morgan fingerprint density at radius 3 is 1.94 bits per heavy atom. The maximum Gasteiger partial charge on any atom is 0.338 e. The number of carbonyl (C=O) groups is 1. The van der Waals surface area contributed by atoms with Crippen molar-refractivity contribution in [3.63, 3.8) is 0 Å². The van der Waals surface area contributed by atoms with E-state index in [-0.39, 0.29) is 12.4 Å². The molecule has 1 atom stereocenters. The third-order valence-electron chi connectivity index (χ3n) is 5.39. The molecule has 0 saturated heterocycles. The number of rotatable bonds is 15. The summed E-state index contributed by atoms with van der Waals surface area (Å²) in [6.07, 6.45) is 0.732. The molecule has 2 rings (SSSR count). The Bertz CT molecular complexity index is 899. The van der Waals surface area contributed by atoms with Crippen LogP contribution in [-0.4, -0.2) is 74.4 Å². The molecule has 1 N–H and O–H groups in total. The number of carbonyl (C=O) groups excluding carboxylic acids is 1. The van der Waals surface area contributed by atoms with Gasteiger partial charge in [0.25, 0.3) is 0 Å². The van der Waals surface area contributed by atoms with Crippen molar-refractivity contribution in [3.8, 4) is 34.5 Å². The van der Waals surface area contributed by atoms with Crippen molar-refractivity contribution >= 4 is 5.97 Å². The Hall–Kier alpha value is -3.04.